The number of amides is 4. The molecule has 5 aromatic heterocycles. The second-order valence-electron chi connectivity index (χ2n) is 20.9. The highest BCUT2D eigenvalue weighted by Crippen LogP contribution is 2.40. The molecule has 31 heteroatoms. The minimum absolute atomic E-state index is 0.0351. The van der Waals surface area contributed by atoms with Crippen molar-refractivity contribution in [2.45, 2.75) is 26.0 Å². The van der Waals surface area contributed by atoms with E-state index in [-0.39, 0.29) is 57.9 Å². The summed E-state index contributed by atoms with van der Waals surface area (Å²) in [5.74, 6) is -0.984. The summed E-state index contributed by atoms with van der Waals surface area (Å²) in [6, 6.07) is 35.4. The summed E-state index contributed by atoms with van der Waals surface area (Å²) in [6.07, 6.45) is 17.2. The van der Waals surface area contributed by atoms with E-state index in [4.69, 9.17) is 54.7 Å². The maximum absolute atomic E-state index is 13.8. The summed E-state index contributed by atoms with van der Waals surface area (Å²) in [5, 5.41) is 40.1. The molecular weight excluding hydrogens is 1360 g/mol. The number of nitrogens with zero attached hydrogens (tertiary/aromatic N) is 11. The molecule has 26 nitrogen and oxygen atoms in total. The molecule has 0 spiro atoms. The molecular formula is C68H58Cl3FN16O10S. The summed E-state index contributed by atoms with van der Waals surface area (Å²) >= 11 is 22.6. The number of ketones is 1. The number of para-hydroxylation sites is 4. The molecule has 0 saturated heterocycles. The van der Waals surface area contributed by atoms with Gasteiger partial charge < -0.3 is 41.2 Å². The van der Waals surface area contributed by atoms with E-state index in [2.05, 4.69) is 64.3 Å². The maximum Gasteiger partial charge on any atom is 0.282 e. The molecule has 6 aromatic carbocycles. The predicted molar refractivity (Wildman–Crippen MR) is 376 cm³/mol. The molecule has 11 aromatic rings. The molecule has 504 valence electrons. The number of thiol groups is 1. The van der Waals surface area contributed by atoms with Gasteiger partial charge in [0.05, 0.1) is 142 Å². The molecule has 99 heavy (non-hydrogen) atoms. The predicted octanol–water partition coefficient (Wildman–Crippen LogP) is 13.3. The van der Waals surface area contributed by atoms with Crippen molar-refractivity contribution in [3.8, 4) is 40.0 Å². The molecule has 0 radical (unpaired) electrons. The van der Waals surface area contributed by atoms with Gasteiger partial charge in [0, 0.05) is 30.6 Å². The average molecular weight is 1420 g/mol. The van der Waals surface area contributed by atoms with E-state index >= 15 is 0 Å². The lowest BCUT2D eigenvalue weighted by Gasteiger charge is -2.15. The first kappa shape index (κ1) is 71.3. The number of anilines is 5. The third kappa shape index (κ3) is 17.7. The van der Waals surface area contributed by atoms with Crippen LogP contribution in [0.25, 0.3) is 22.7 Å². The van der Waals surface area contributed by atoms with Crippen molar-refractivity contribution in [2.75, 3.05) is 48.3 Å². The molecule has 0 saturated carbocycles. The number of allylic oxidation sites excluding steroid dienone is 3. The van der Waals surface area contributed by atoms with Crippen LogP contribution in [0.5, 0.6) is 17.2 Å². The molecule has 0 fully saturated rings. The maximum atomic E-state index is 13.8. The molecule has 0 bridgehead atoms. The van der Waals surface area contributed by atoms with Crippen LogP contribution < -0.4 is 41.2 Å². The van der Waals surface area contributed by atoms with Gasteiger partial charge in [-0.3, -0.25) is 34.1 Å². The third-order valence-electron chi connectivity index (χ3n) is 14.1. The quantitative estimate of drug-likeness (QED) is 0.0213. The van der Waals surface area contributed by atoms with Crippen molar-refractivity contribution in [3.63, 3.8) is 0 Å². The Bertz CT molecular complexity index is 4900. The van der Waals surface area contributed by atoms with Crippen molar-refractivity contribution < 1.29 is 47.5 Å². The summed E-state index contributed by atoms with van der Waals surface area (Å²) < 4.78 is 35.7. The van der Waals surface area contributed by atoms with E-state index in [0.717, 1.165) is 5.57 Å². The van der Waals surface area contributed by atoms with E-state index in [9.17, 15) is 38.5 Å². The number of nitro benzene ring substituents is 1. The second-order valence-corrected chi connectivity index (χ2v) is 22.4. The van der Waals surface area contributed by atoms with Gasteiger partial charge in [-0.05, 0) is 91.7 Å². The number of carbonyl (C=O) groups is 5. The Balaban J connectivity index is 0.000000155. The fraction of sp³-hybridized carbons (Fsp3) is 0.103. The van der Waals surface area contributed by atoms with Crippen LogP contribution in [0.2, 0.25) is 15.1 Å². The van der Waals surface area contributed by atoms with Crippen LogP contribution in [0.3, 0.4) is 0 Å². The summed E-state index contributed by atoms with van der Waals surface area (Å²) in [7, 11) is 4.46. The number of nitrogens with two attached hydrogens (primary N) is 1. The number of methoxy groups -OCH3 is 3. The number of nitrogens with one attached hydrogen (secondary N) is 4. The lowest BCUT2D eigenvalue weighted by molar-refractivity contribution is -0.385. The number of hydrogen-bond donors (Lipinski definition) is 6. The first-order valence-electron chi connectivity index (χ1n) is 29.3. The highest BCUT2D eigenvalue weighted by atomic mass is 35.5. The number of Topliss-reactive ketones (excluding diaryl/α,β-unsaturated/α-hetero) is 1. The standard InChI is InChI=1S/C19H18ClN3O4.C18H16FN3O2.C17H13ClN4O3S.C14H11ClN6O/c1-25-16-9-8-13(17(26-2)18(16)27-3)19(24)22-12-10-21-23(11-12)15-7-5-4-6-14(15)20;1-11-7-12(2)17(16(23)8-11)18(24)21-13-9-20-22(10-13)15-6-4-3-5-14(15)19;18-14-3-1-2-4-16(14)21-9-12(8-19-21)20-17(23)13-7-11(10-26)5-6-15(13)22(24)25;15-10-3-1-2-4-11(10)21-8-9(7-19-21)20-14(22)12-13(16)18-6-5-17-12/h4-11H,1-3H3,(H,22,24);3-7,9-10H,8H2,1-2H3,(H,21,24);1-9,26H,10H2,(H,20,23);1-8H,(H2,16,18)(H,20,22). The van der Waals surface area contributed by atoms with Gasteiger partial charge in [-0.1, -0.05) is 101 Å². The monoisotopic (exact) mass is 1410 g/mol. The number of hydrogen-bond acceptors (Lipinski definition) is 18. The van der Waals surface area contributed by atoms with E-state index < -0.39 is 28.5 Å². The molecule has 1 aliphatic rings. The van der Waals surface area contributed by atoms with Crippen molar-refractivity contribution in [2.24, 2.45) is 0 Å². The van der Waals surface area contributed by atoms with E-state index in [1.807, 2.05) is 55.5 Å². The number of benzene rings is 6. The van der Waals surface area contributed by atoms with E-state index in [1.54, 1.807) is 102 Å². The van der Waals surface area contributed by atoms with Crippen molar-refractivity contribution in [1.82, 2.24) is 49.1 Å². The first-order valence-corrected chi connectivity index (χ1v) is 31.0. The first-order chi connectivity index (χ1) is 47.7. The van der Waals surface area contributed by atoms with Gasteiger partial charge in [0.2, 0.25) is 5.75 Å². The zero-order valence-corrected chi connectivity index (χ0v) is 56.1. The summed E-state index contributed by atoms with van der Waals surface area (Å²) in [4.78, 5) is 80.1. The van der Waals surface area contributed by atoms with Crippen LogP contribution >= 0.6 is 47.4 Å². The zero-order chi connectivity index (χ0) is 70.9. The Kier molecular flexibility index (Phi) is 23.9. The largest absolute Gasteiger partial charge is 0.493 e. The topological polar surface area (TPSA) is 327 Å². The zero-order valence-electron chi connectivity index (χ0n) is 52.9. The van der Waals surface area contributed by atoms with E-state index in [0.29, 0.717) is 88.8 Å². The lowest BCUT2D eigenvalue weighted by atomic mass is 9.92. The SMILES string of the molecule is CC1=CC(C)=C(C(=O)Nc2cnn(-c3ccccc3F)c2)C(=O)C1.COc1ccc(C(=O)Nc2cnn(-c3ccccc3Cl)c2)c(OC)c1OC.Nc1nccnc1C(=O)Nc1cnn(-c2ccccc2Cl)c1.O=C(Nc1cnn(-c2ccccc2Cl)c1)c1cc(CS)ccc1[N+](=O)[O-]. The lowest BCUT2D eigenvalue weighted by Crippen LogP contribution is -2.23. The molecule has 4 amide bonds. The number of rotatable bonds is 17. The fourth-order valence-corrected chi connectivity index (χ4v) is 10.5. The van der Waals surface area contributed by atoms with Gasteiger partial charge in [0.1, 0.15) is 17.1 Å². The number of aromatic nitrogens is 10. The number of ether oxygens (including phenoxy) is 3. The van der Waals surface area contributed by atoms with Crippen LogP contribution in [0.15, 0.2) is 212 Å². The normalized spacial score (nSPS) is 11.5. The molecule has 0 aliphatic heterocycles. The van der Waals surface area contributed by atoms with Crippen LogP contribution in [0.1, 0.15) is 57.0 Å². The number of nitrogen functional groups attached to an aromatic ring is 1. The Labute approximate surface area is 584 Å². The second kappa shape index (κ2) is 33.1. The molecule has 0 atom stereocenters. The van der Waals surface area contributed by atoms with Gasteiger partial charge in [0.15, 0.2) is 28.8 Å². The third-order valence-corrected chi connectivity index (χ3v) is 15.5. The molecule has 5 heterocycles. The summed E-state index contributed by atoms with van der Waals surface area (Å²) in [5.41, 5.74) is 12.2. The van der Waals surface area contributed by atoms with Crippen LogP contribution in [0.4, 0.5) is 38.6 Å². The van der Waals surface area contributed by atoms with Crippen molar-refractivity contribution in [3.05, 3.63) is 266 Å². The van der Waals surface area contributed by atoms with Crippen LogP contribution in [-0.4, -0.2) is 105 Å². The molecule has 0 unspecified atom stereocenters. The Morgan fingerprint density at radius 3 is 1.47 bits per heavy atom. The highest BCUT2D eigenvalue weighted by molar-refractivity contribution is 7.79. The van der Waals surface area contributed by atoms with Gasteiger partial charge in [-0.15, -0.1) is 0 Å². The molecule has 1 aliphatic carbocycles. The Hall–Kier alpha value is -12.0. The highest BCUT2D eigenvalue weighted by Gasteiger charge is 2.26. The van der Waals surface area contributed by atoms with Gasteiger partial charge in [-0.25, -0.2) is 33.1 Å². The van der Waals surface area contributed by atoms with Gasteiger partial charge in [0.25, 0.3) is 29.3 Å². The van der Waals surface area contributed by atoms with Crippen molar-refractivity contribution in [1.29, 1.82) is 0 Å². The molecule has 6 N–H and O–H groups in total. The smallest absolute Gasteiger partial charge is 0.282 e. The summed E-state index contributed by atoms with van der Waals surface area (Å²) in [6.45, 7) is 3.59. The Morgan fingerprint density at radius 2 is 1.03 bits per heavy atom. The minimum atomic E-state index is -0.598. The minimum Gasteiger partial charge on any atom is -0.493 e. The number of nitro groups is 1. The van der Waals surface area contributed by atoms with Crippen LogP contribution in [0, 0.1) is 15.9 Å². The number of halogens is 4. The number of carbonyl (C=O) groups excluding carboxylic acids is 5. The van der Waals surface area contributed by atoms with Crippen molar-refractivity contribution >= 4 is 111 Å². The average Bonchev–Trinajstić information content (AvgIpc) is 1.18. The van der Waals surface area contributed by atoms with Gasteiger partial charge >= 0.3 is 0 Å². The van der Waals surface area contributed by atoms with Crippen LogP contribution in [-0.2, 0) is 15.3 Å². The molecule has 12 rings (SSSR count). The van der Waals surface area contributed by atoms with Gasteiger partial charge in [-0.2, -0.15) is 33.0 Å². The fourth-order valence-electron chi connectivity index (χ4n) is 9.59. The Morgan fingerprint density at radius 1 is 0.586 bits per heavy atom. The van der Waals surface area contributed by atoms with E-state index in [1.165, 1.54) is 92.3 Å².